The van der Waals surface area contributed by atoms with Gasteiger partial charge in [0.05, 0.1) is 0 Å². The van der Waals surface area contributed by atoms with Gasteiger partial charge in [-0.1, -0.05) is 12.1 Å². The number of rotatable bonds is 2. The van der Waals surface area contributed by atoms with Gasteiger partial charge < -0.3 is 4.74 Å². The molecule has 19 heavy (non-hydrogen) atoms. The van der Waals surface area contributed by atoms with Gasteiger partial charge in [-0.15, -0.1) is 13.2 Å². The molecule has 0 bridgehead atoms. The van der Waals surface area contributed by atoms with Crippen LogP contribution in [0, 0.1) is 0 Å². The molecule has 0 atom stereocenters. The van der Waals surface area contributed by atoms with Crippen LogP contribution in [0.2, 0.25) is 0 Å². The summed E-state index contributed by atoms with van der Waals surface area (Å²) in [6.45, 7) is 0. The second-order valence-electron chi connectivity index (χ2n) is 4.42. The molecule has 1 aromatic rings. The van der Waals surface area contributed by atoms with Crippen molar-refractivity contribution in [2.75, 3.05) is 0 Å². The average Bonchev–Trinajstić information content (AvgIpc) is 2.52. The van der Waals surface area contributed by atoms with Gasteiger partial charge in [-0.05, 0) is 48.6 Å². The molecule has 0 spiro atoms. The van der Waals surface area contributed by atoms with Crippen LogP contribution in [0.5, 0.6) is 5.75 Å². The Bertz CT molecular complexity index is 504. The SMILES string of the molecule is O=C1C=C(c2cccc(OC(F)(F)F)c2)CCCC1. The minimum absolute atomic E-state index is 0.0228. The summed E-state index contributed by atoms with van der Waals surface area (Å²) in [7, 11) is 0. The van der Waals surface area contributed by atoms with Crippen molar-refractivity contribution in [3.05, 3.63) is 35.9 Å². The highest BCUT2D eigenvalue weighted by atomic mass is 19.4. The molecular formula is C14H13F3O2. The van der Waals surface area contributed by atoms with Crippen molar-refractivity contribution >= 4 is 11.4 Å². The van der Waals surface area contributed by atoms with E-state index in [1.165, 1.54) is 24.3 Å². The molecule has 0 N–H and O–H groups in total. The molecule has 0 aromatic heterocycles. The first-order valence-corrected chi connectivity index (χ1v) is 6.04. The first-order chi connectivity index (χ1) is 8.94. The van der Waals surface area contributed by atoms with E-state index in [1.54, 1.807) is 6.07 Å². The number of hydrogen-bond donors (Lipinski definition) is 0. The predicted molar refractivity (Wildman–Crippen MR) is 64.6 cm³/mol. The largest absolute Gasteiger partial charge is 0.573 e. The van der Waals surface area contributed by atoms with E-state index >= 15 is 0 Å². The molecule has 0 aliphatic heterocycles. The van der Waals surface area contributed by atoms with Gasteiger partial charge >= 0.3 is 6.36 Å². The quantitative estimate of drug-likeness (QED) is 0.808. The second kappa shape index (κ2) is 5.47. The highest BCUT2D eigenvalue weighted by Gasteiger charge is 2.31. The van der Waals surface area contributed by atoms with E-state index < -0.39 is 6.36 Å². The van der Waals surface area contributed by atoms with E-state index in [4.69, 9.17) is 0 Å². The Balaban J connectivity index is 2.25. The van der Waals surface area contributed by atoms with Gasteiger partial charge in [-0.3, -0.25) is 4.79 Å². The Morgan fingerprint density at radius 3 is 2.58 bits per heavy atom. The van der Waals surface area contributed by atoms with E-state index in [-0.39, 0.29) is 11.5 Å². The molecule has 1 aliphatic rings. The van der Waals surface area contributed by atoms with Crippen molar-refractivity contribution in [1.82, 2.24) is 0 Å². The summed E-state index contributed by atoms with van der Waals surface area (Å²) in [6.07, 6.45) is -0.297. The lowest BCUT2D eigenvalue weighted by Gasteiger charge is -2.11. The lowest BCUT2D eigenvalue weighted by atomic mass is 10.0. The topological polar surface area (TPSA) is 26.3 Å². The number of allylic oxidation sites excluding steroid dienone is 2. The number of ether oxygens (including phenoxy) is 1. The van der Waals surface area contributed by atoms with E-state index in [2.05, 4.69) is 4.74 Å². The van der Waals surface area contributed by atoms with Crippen LogP contribution in [-0.2, 0) is 4.79 Å². The van der Waals surface area contributed by atoms with Crippen molar-refractivity contribution in [2.24, 2.45) is 0 Å². The van der Waals surface area contributed by atoms with Crippen molar-refractivity contribution in [3.8, 4) is 5.75 Å². The molecule has 0 radical (unpaired) electrons. The van der Waals surface area contributed by atoms with Crippen molar-refractivity contribution < 1.29 is 22.7 Å². The summed E-state index contributed by atoms with van der Waals surface area (Å²) in [6, 6.07) is 5.74. The molecule has 0 saturated heterocycles. The fraction of sp³-hybridized carbons (Fsp3) is 0.357. The number of carbonyl (C=O) groups excluding carboxylic acids is 1. The summed E-state index contributed by atoms with van der Waals surface area (Å²) in [5.74, 6) is -0.239. The third kappa shape index (κ3) is 4.12. The number of carbonyl (C=O) groups is 1. The Morgan fingerprint density at radius 2 is 1.84 bits per heavy atom. The Hall–Kier alpha value is -1.78. The first kappa shape index (κ1) is 13.6. The zero-order valence-electron chi connectivity index (χ0n) is 10.2. The molecule has 2 rings (SSSR count). The molecule has 0 heterocycles. The van der Waals surface area contributed by atoms with Crippen LogP contribution >= 0.6 is 0 Å². The number of ketones is 1. The van der Waals surface area contributed by atoms with E-state index in [0.717, 1.165) is 18.4 Å². The third-order valence-electron chi connectivity index (χ3n) is 2.89. The molecule has 0 fully saturated rings. The lowest BCUT2D eigenvalue weighted by Crippen LogP contribution is -2.17. The average molecular weight is 270 g/mol. The van der Waals surface area contributed by atoms with E-state index in [1.807, 2.05) is 0 Å². The summed E-state index contributed by atoms with van der Waals surface area (Å²) in [4.78, 5) is 11.5. The fourth-order valence-corrected chi connectivity index (χ4v) is 2.07. The number of hydrogen-bond acceptors (Lipinski definition) is 2. The maximum absolute atomic E-state index is 12.2. The van der Waals surface area contributed by atoms with Crippen LogP contribution in [0.1, 0.15) is 31.2 Å². The number of halogens is 3. The molecule has 2 nitrogen and oxygen atoms in total. The maximum atomic E-state index is 12.2. The normalized spacial score (nSPS) is 16.8. The Kier molecular flexibility index (Phi) is 3.93. The summed E-state index contributed by atoms with van der Waals surface area (Å²) in [5, 5.41) is 0. The van der Waals surface area contributed by atoms with Gasteiger partial charge in [0.2, 0.25) is 0 Å². The summed E-state index contributed by atoms with van der Waals surface area (Å²) in [5.41, 5.74) is 1.38. The molecule has 1 aliphatic carbocycles. The van der Waals surface area contributed by atoms with Gasteiger partial charge in [-0.2, -0.15) is 0 Å². The molecule has 0 amide bonds. The van der Waals surface area contributed by atoms with Gasteiger partial charge in [0.15, 0.2) is 5.78 Å². The number of benzene rings is 1. The minimum Gasteiger partial charge on any atom is -0.406 e. The molecule has 0 saturated carbocycles. The van der Waals surface area contributed by atoms with Gasteiger partial charge in [-0.25, -0.2) is 0 Å². The van der Waals surface area contributed by atoms with Crippen molar-refractivity contribution in [2.45, 2.75) is 32.0 Å². The molecule has 1 aromatic carbocycles. The highest BCUT2D eigenvalue weighted by Crippen LogP contribution is 2.29. The van der Waals surface area contributed by atoms with E-state index in [0.29, 0.717) is 18.4 Å². The van der Waals surface area contributed by atoms with E-state index in [9.17, 15) is 18.0 Å². The van der Waals surface area contributed by atoms with Crippen LogP contribution in [-0.4, -0.2) is 12.1 Å². The van der Waals surface area contributed by atoms with Gasteiger partial charge in [0.25, 0.3) is 0 Å². The smallest absolute Gasteiger partial charge is 0.406 e. The molecule has 0 unspecified atom stereocenters. The fourth-order valence-electron chi connectivity index (χ4n) is 2.07. The zero-order chi connectivity index (χ0) is 13.9. The van der Waals surface area contributed by atoms with Crippen LogP contribution in [0.4, 0.5) is 13.2 Å². The molecule has 5 heteroatoms. The van der Waals surface area contributed by atoms with Gasteiger partial charge in [0.1, 0.15) is 5.75 Å². The van der Waals surface area contributed by atoms with Crippen LogP contribution in [0.25, 0.3) is 5.57 Å². The second-order valence-corrected chi connectivity index (χ2v) is 4.42. The van der Waals surface area contributed by atoms with Crippen LogP contribution < -0.4 is 4.74 Å². The molecular weight excluding hydrogens is 257 g/mol. The summed E-state index contributed by atoms with van der Waals surface area (Å²) >= 11 is 0. The molecule has 102 valence electrons. The zero-order valence-corrected chi connectivity index (χ0v) is 10.2. The Morgan fingerprint density at radius 1 is 1.11 bits per heavy atom. The number of alkyl halides is 3. The predicted octanol–water partition coefficient (Wildman–Crippen LogP) is 4.11. The minimum atomic E-state index is -4.70. The maximum Gasteiger partial charge on any atom is 0.573 e. The van der Waals surface area contributed by atoms with Crippen molar-refractivity contribution in [1.29, 1.82) is 0 Å². The summed E-state index contributed by atoms with van der Waals surface area (Å²) < 4.78 is 40.3. The van der Waals surface area contributed by atoms with Crippen molar-refractivity contribution in [3.63, 3.8) is 0 Å². The Labute approximate surface area is 108 Å². The first-order valence-electron chi connectivity index (χ1n) is 6.04. The monoisotopic (exact) mass is 270 g/mol. The van der Waals surface area contributed by atoms with Crippen LogP contribution in [0.3, 0.4) is 0 Å². The highest BCUT2D eigenvalue weighted by molar-refractivity contribution is 5.97. The van der Waals surface area contributed by atoms with Crippen LogP contribution in [0.15, 0.2) is 30.3 Å². The standard InChI is InChI=1S/C14H13F3O2/c15-14(16,17)19-13-7-3-5-11(9-13)10-4-1-2-6-12(18)8-10/h3,5,7-9H,1-2,4,6H2. The third-order valence-corrected chi connectivity index (χ3v) is 2.89. The lowest BCUT2D eigenvalue weighted by molar-refractivity contribution is -0.274. The van der Waals surface area contributed by atoms with Gasteiger partial charge in [0, 0.05) is 6.42 Å².